The molecule has 5 nitrogen and oxygen atoms in total. The van der Waals surface area contributed by atoms with Gasteiger partial charge in [-0.1, -0.05) is 12.5 Å². The van der Waals surface area contributed by atoms with Crippen molar-refractivity contribution < 1.29 is 18.3 Å². The van der Waals surface area contributed by atoms with E-state index in [1.54, 1.807) is 12.1 Å². The van der Waals surface area contributed by atoms with Gasteiger partial charge in [0, 0.05) is 57.8 Å². The first-order chi connectivity index (χ1) is 14.1. The van der Waals surface area contributed by atoms with Crippen molar-refractivity contribution in [3.8, 4) is 5.75 Å². The minimum Gasteiger partial charge on any atom is -0.489 e. The summed E-state index contributed by atoms with van der Waals surface area (Å²) in [4.78, 5) is 19.7. The van der Waals surface area contributed by atoms with E-state index in [0.29, 0.717) is 24.8 Å². The van der Waals surface area contributed by atoms with Gasteiger partial charge in [0.05, 0.1) is 6.04 Å². The van der Waals surface area contributed by atoms with E-state index in [2.05, 4.69) is 4.90 Å². The van der Waals surface area contributed by atoms with Crippen molar-refractivity contribution in [1.29, 1.82) is 0 Å². The van der Waals surface area contributed by atoms with Crippen LogP contribution in [0.4, 0.5) is 8.78 Å². The van der Waals surface area contributed by atoms with Gasteiger partial charge in [-0.05, 0) is 31.4 Å². The molecular formula is C22H31F2N3O2. The summed E-state index contributed by atoms with van der Waals surface area (Å²) < 4.78 is 32.5. The van der Waals surface area contributed by atoms with Crippen LogP contribution >= 0.6 is 0 Å². The number of carbonyl (C=O) groups is 1. The van der Waals surface area contributed by atoms with E-state index < -0.39 is 6.67 Å². The molecule has 7 heteroatoms. The molecule has 1 aromatic rings. The molecule has 4 rings (SSSR count). The molecule has 2 atom stereocenters. The summed E-state index contributed by atoms with van der Waals surface area (Å²) in [6.45, 7) is 3.70. The molecule has 1 aromatic carbocycles. The largest absolute Gasteiger partial charge is 0.489 e. The van der Waals surface area contributed by atoms with E-state index in [1.807, 2.05) is 9.80 Å². The fraction of sp³-hybridized carbons (Fsp3) is 0.682. The Bertz CT molecular complexity index is 700. The van der Waals surface area contributed by atoms with Gasteiger partial charge < -0.3 is 9.64 Å². The third-order valence-electron chi connectivity index (χ3n) is 6.55. The molecule has 0 aromatic heterocycles. The van der Waals surface area contributed by atoms with Crippen molar-refractivity contribution in [1.82, 2.24) is 14.7 Å². The Labute approximate surface area is 171 Å². The maximum Gasteiger partial charge on any atom is 0.240 e. The lowest BCUT2D eigenvalue weighted by molar-refractivity contribution is -0.136. The smallest absolute Gasteiger partial charge is 0.240 e. The Kier molecular flexibility index (Phi) is 6.65. The minimum absolute atomic E-state index is 0.0826. The van der Waals surface area contributed by atoms with E-state index in [1.165, 1.54) is 31.4 Å². The Morgan fingerprint density at radius 1 is 1.14 bits per heavy atom. The van der Waals surface area contributed by atoms with Crippen molar-refractivity contribution in [3.05, 3.63) is 30.1 Å². The summed E-state index contributed by atoms with van der Waals surface area (Å²) in [6.07, 6.45) is 5.13. The maximum absolute atomic E-state index is 13.4. The number of nitrogens with zero attached hydrogens (tertiary/aromatic N) is 3. The number of alkyl halides is 1. The summed E-state index contributed by atoms with van der Waals surface area (Å²) in [5, 5.41) is 0. The highest BCUT2D eigenvalue weighted by Gasteiger charge is 2.40. The molecule has 3 fully saturated rings. The number of halogens is 2. The number of hydrogen-bond donors (Lipinski definition) is 0. The molecule has 2 heterocycles. The lowest BCUT2D eigenvalue weighted by Crippen LogP contribution is -2.48. The zero-order valence-electron chi connectivity index (χ0n) is 16.9. The topological polar surface area (TPSA) is 36.0 Å². The van der Waals surface area contributed by atoms with Crippen molar-refractivity contribution in [2.45, 2.75) is 50.3 Å². The molecule has 29 heavy (non-hydrogen) atoms. The fourth-order valence-electron chi connectivity index (χ4n) is 4.78. The highest BCUT2D eigenvalue weighted by atomic mass is 19.1. The van der Waals surface area contributed by atoms with E-state index in [-0.39, 0.29) is 30.4 Å². The van der Waals surface area contributed by atoms with Crippen LogP contribution in [0.2, 0.25) is 0 Å². The zero-order valence-corrected chi connectivity index (χ0v) is 16.9. The Balaban J connectivity index is 1.37. The van der Waals surface area contributed by atoms with E-state index in [0.717, 1.165) is 32.6 Å². The van der Waals surface area contributed by atoms with Crippen LogP contribution in [0.5, 0.6) is 5.75 Å². The van der Waals surface area contributed by atoms with E-state index >= 15 is 0 Å². The van der Waals surface area contributed by atoms with Crippen LogP contribution in [-0.2, 0) is 4.79 Å². The molecule has 0 bridgehead atoms. The van der Waals surface area contributed by atoms with Gasteiger partial charge in [-0.3, -0.25) is 14.6 Å². The SMILES string of the molecule is O=C(C1CC(Oc2cccc(F)c2)CN1CCF)N1CCCN(C2CCC2)CC1. The van der Waals surface area contributed by atoms with Crippen LogP contribution in [-0.4, -0.2) is 84.7 Å². The third-order valence-corrected chi connectivity index (χ3v) is 6.55. The zero-order chi connectivity index (χ0) is 20.2. The van der Waals surface area contributed by atoms with Gasteiger partial charge in [0.25, 0.3) is 0 Å². The van der Waals surface area contributed by atoms with Crippen molar-refractivity contribution >= 4 is 5.91 Å². The lowest BCUT2D eigenvalue weighted by Gasteiger charge is -2.36. The van der Waals surface area contributed by atoms with Crippen LogP contribution in [0.3, 0.4) is 0 Å². The first-order valence-corrected chi connectivity index (χ1v) is 10.9. The third kappa shape index (κ3) is 4.89. The maximum atomic E-state index is 13.4. The summed E-state index contributed by atoms with van der Waals surface area (Å²) in [7, 11) is 0. The summed E-state index contributed by atoms with van der Waals surface area (Å²) in [5.41, 5.74) is 0. The predicted octanol–water partition coefficient (Wildman–Crippen LogP) is 2.70. The van der Waals surface area contributed by atoms with Crippen LogP contribution in [0, 0.1) is 5.82 Å². The first kappa shape index (κ1) is 20.5. The van der Waals surface area contributed by atoms with Crippen molar-refractivity contribution in [3.63, 3.8) is 0 Å². The molecule has 1 amide bonds. The van der Waals surface area contributed by atoms with Gasteiger partial charge in [-0.2, -0.15) is 0 Å². The molecule has 1 saturated carbocycles. The second kappa shape index (κ2) is 9.39. The molecule has 2 aliphatic heterocycles. The molecule has 2 unspecified atom stereocenters. The van der Waals surface area contributed by atoms with Gasteiger partial charge in [-0.25, -0.2) is 8.78 Å². The molecule has 0 N–H and O–H groups in total. The second-order valence-corrected chi connectivity index (χ2v) is 8.43. The van der Waals surface area contributed by atoms with Gasteiger partial charge in [0.15, 0.2) is 0 Å². The number of rotatable bonds is 6. The lowest BCUT2D eigenvalue weighted by atomic mass is 9.91. The van der Waals surface area contributed by atoms with Gasteiger partial charge in [0.1, 0.15) is 24.3 Å². The average molecular weight is 408 g/mol. The van der Waals surface area contributed by atoms with Crippen LogP contribution in [0.1, 0.15) is 32.1 Å². The standard InChI is InChI=1S/C22H31F2N3O2/c23-8-11-27-16-20(29-19-7-1-4-17(24)14-19)15-21(27)22(28)26-10-3-9-25(12-13-26)18-5-2-6-18/h1,4,7,14,18,20-21H,2-3,5-6,8-13,15-16H2. The molecule has 1 aliphatic carbocycles. The second-order valence-electron chi connectivity index (χ2n) is 8.43. The molecule has 2 saturated heterocycles. The molecular weight excluding hydrogens is 376 g/mol. The predicted molar refractivity (Wildman–Crippen MR) is 107 cm³/mol. The fourth-order valence-corrected chi connectivity index (χ4v) is 4.78. The average Bonchev–Trinajstić information content (AvgIpc) is 2.89. The number of likely N-dealkylation sites (tertiary alicyclic amines) is 1. The number of benzene rings is 1. The van der Waals surface area contributed by atoms with Crippen LogP contribution < -0.4 is 4.74 Å². The molecule has 0 radical (unpaired) electrons. The summed E-state index contributed by atoms with van der Waals surface area (Å²) in [5.74, 6) is 0.183. The number of ether oxygens (including phenoxy) is 1. The highest BCUT2D eigenvalue weighted by Crippen LogP contribution is 2.27. The number of carbonyl (C=O) groups excluding carboxylic acids is 1. The van der Waals surface area contributed by atoms with Gasteiger partial charge in [-0.15, -0.1) is 0 Å². The van der Waals surface area contributed by atoms with Crippen LogP contribution in [0.15, 0.2) is 24.3 Å². The molecule has 3 aliphatic rings. The Morgan fingerprint density at radius 3 is 2.72 bits per heavy atom. The normalized spacial score (nSPS) is 26.9. The molecule has 160 valence electrons. The Morgan fingerprint density at radius 2 is 2.00 bits per heavy atom. The summed E-state index contributed by atoms with van der Waals surface area (Å²) in [6, 6.07) is 6.37. The van der Waals surface area contributed by atoms with E-state index in [9.17, 15) is 13.6 Å². The van der Waals surface area contributed by atoms with Crippen molar-refractivity contribution in [2.75, 3.05) is 45.9 Å². The summed E-state index contributed by atoms with van der Waals surface area (Å²) >= 11 is 0. The van der Waals surface area contributed by atoms with E-state index in [4.69, 9.17) is 4.74 Å². The number of hydrogen-bond acceptors (Lipinski definition) is 4. The first-order valence-electron chi connectivity index (χ1n) is 10.9. The van der Waals surface area contributed by atoms with Crippen molar-refractivity contribution in [2.24, 2.45) is 0 Å². The molecule has 0 spiro atoms. The van der Waals surface area contributed by atoms with Crippen LogP contribution in [0.25, 0.3) is 0 Å². The quantitative estimate of drug-likeness (QED) is 0.727. The van der Waals surface area contributed by atoms with Gasteiger partial charge >= 0.3 is 0 Å². The number of amides is 1. The monoisotopic (exact) mass is 407 g/mol. The Hall–Kier alpha value is -1.73. The van der Waals surface area contributed by atoms with Gasteiger partial charge in [0.2, 0.25) is 5.91 Å². The minimum atomic E-state index is -0.494. The highest BCUT2D eigenvalue weighted by molar-refractivity contribution is 5.82.